The third-order valence-corrected chi connectivity index (χ3v) is 3.86. The van der Waals surface area contributed by atoms with Crippen LogP contribution in [0.2, 0.25) is 0 Å². The number of anilines is 2. The van der Waals surface area contributed by atoms with E-state index >= 15 is 0 Å². The maximum absolute atomic E-state index is 13.9. The summed E-state index contributed by atoms with van der Waals surface area (Å²) >= 11 is 0. The molecule has 0 spiro atoms. The number of aliphatic hydroxyl groups excluding tert-OH is 1. The molecule has 0 saturated carbocycles. The predicted molar refractivity (Wildman–Crippen MR) is 93.4 cm³/mol. The fraction of sp³-hybridized carbons (Fsp3) is 0.176. The zero-order valence-electron chi connectivity index (χ0n) is 13.7. The Balaban J connectivity index is 1.60. The van der Waals surface area contributed by atoms with Gasteiger partial charge in [-0.05, 0) is 6.07 Å². The van der Waals surface area contributed by atoms with Gasteiger partial charge in [0.15, 0.2) is 11.5 Å². The molecule has 4 aromatic rings. The fourth-order valence-corrected chi connectivity index (χ4v) is 2.60. The van der Waals surface area contributed by atoms with Gasteiger partial charge < -0.3 is 10.4 Å². The number of aromatic nitrogens is 6. The highest BCUT2D eigenvalue weighted by atomic mass is 19.1. The molecule has 0 radical (unpaired) electrons. The molecule has 26 heavy (non-hydrogen) atoms. The van der Waals surface area contributed by atoms with Gasteiger partial charge in [-0.2, -0.15) is 15.2 Å². The van der Waals surface area contributed by atoms with Gasteiger partial charge in [-0.3, -0.25) is 4.68 Å². The number of rotatable bonds is 6. The number of hydrogen-bond acceptors (Lipinski definition) is 6. The van der Waals surface area contributed by atoms with Crippen molar-refractivity contribution in [3.05, 3.63) is 60.3 Å². The van der Waals surface area contributed by atoms with E-state index in [1.807, 2.05) is 0 Å². The van der Waals surface area contributed by atoms with Crippen molar-refractivity contribution in [1.82, 2.24) is 29.5 Å². The molecule has 0 amide bonds. The van der Waals surface area contributed by atoms with Crippen LogP contribution in [0.5, 0.6) is 0 Å². The molecule has 2 N–H and O–H groups in total. The minimum absolute atomic E-state index is 0.0127. The fourth-order valence-electron chi connectivity index (χ4n) is 2.60. The van der Waals surface area contributed by atoms with Crippen LogP contribution in [0.4, 0.5) is 16.2 Å². The molecule has 4 rings (SSSR count). The lowest BCUT2D eigenvalue weighted by molar-refractivity contribution is 0.269. The van der Waals surface area contributed by atoms with E-state index in [2.05, 4.69) is 25.5 Å². The second-order valence-corrected chi connectivity index (χ2v) is 5.68. The van der Waals surface area contributed by atoms with Gasteiger partial charge in [0.1, 0.15) is 5.82 Å². The minimum Gasteiger partial charge on any atom is -0.394 e. The SMILES string of the molecule is OCCn1ccc(Nc2ncc3cnn(Cc4ccccc4F)c3n2)n1. The second-order valence-electron chi connectivity index (χ2n) is 5.68. The molecule has 0 aliphatic heterocycles. The first-order valence-electron chi connectivity index (χ1n) is 8.06. The molecule has 0 aliphatic rings. The number of benzene rings is 1. The summed E-state index contributed by atoms with van der Waals surface area (Å²) < 4.78 is 17.1. The van der Waals surface area contributed by atoms with E-state index in [0.717, 1.165) is 5.39 Å². The van der Waals surface area contributed by atoms with Crippen molar-refractivity contribution in [3.63, 3.8) is 0 Å². The van der Waals surface area contributed by atoms with Crippen molar-refractivity contribution in [2.24, 2.45) is 0 Å². The van der Waals surface area contributed by atoms with Gasteiger partial charge in [-0.15, -0.1) is 0 Å². The van der Waals surface area contributed by atoms with Crippen molar-refractivity contribution >= 4 is 22.8 Å². The molecular weight excluding hydrogens is 337 g/mol. The Morgan fingerprint density at radius 3 is 2.88 bits per heavy atom. The summed E-state index contributed by atoms with van der Waals surface area (Å²) in [6.45, 7) is 0.702. The Labute approximate surface area is 147 Å². The molecule has 0 unspecified atom stereocenters. The van der Waals surface area contributed by atoms with Crippen molar-refractivity contribution in [3.8, 4) is 0 Å². The van der Waals surface area contributed by atoms with Crippen LogP contribution >= 0.6 is 0 Å². The lowest BCUT2D eigenvalue weighted by atomic mass is 10.2. The van der Waals surface area contributed by atoms with Crippen LogP contribution in [0.15, 0.2) is 48.9 Å². The largest absolute Gasteiger partial charge is 0.394 e. The van der Waals surface area contributed by atoms with Crippen LogP contribution in [-0.2, 0) is 13.1 Å². The minimum atomic E-state index is -0.280. The molecule has 0 aliphatic carbocycles. The highest BCUT2D eigenvalue weighted by Gasteiger charge is 2.10. The van der Waals surface area contributed by atoms with Crippen LogP contribution in [0.1, 0.15) is 5.56 Å². The standard InChI is InChI=1S/C17H16FN7O/c18-14-4-2-1-3-12(14)11-25-16-13(10-20-25)9-19-17(22-16)21-15-5-6-24(23-15)7-8-26/h1-6,9-10,26H,7-8,11H2,(H,19,21,22,23). The molecule has 0 atom stereocenters. The molecule has 3 aromatic heterocycles. The third kappa shape index (κ3) is 3.24. The number of nitrogens with zero attached hydrogens (tertiary/aromatic N) is 6. The van der Waals surface area contributed by atoms with Gasteiger partial charge in [0.2, 0.25) is 5.95 Å². The number of halogens is 1. The molecule has 1 aromatic carbocycles. The average molecular weight is 353 g/mol. The Morgan fingerprint density at radius 1 is 1.15 bits per heavy atom. The lowest BCUT2D eigenvalue weighted by Gasteiger charge is -2.06. The van der Waals surface area contributed by atoms with E-state index in [-0.39, 0.29) is 19.0 Å². The van der Waals surface area contributed by atoms with Gasteiger partial charge in [0.05, 0.1) is 31.3 Å². The summed E-state index contributed by atoms with van der Waals surface area (Å²) in [4.78, 5) is 8.72. The van der Waals surface area contributed by atoms with Crippen LogP contribution in [0, 0.1) is 5.82 Å². The zero-order valence-corrected chi connectivity index (χ0v) is 13.7. The Morgan fingerprint density at radius 2 is 2.04 bits per heavy atom. The highest BCUT2D eigenvalue weighted by molar-refractivity contribution is 5.75. The van der Waals surface area contributed by atoms with E-state index in [9.17, 15) is 4.39 Å². The number of nitrogens with one attached hydrogen (secondary N) is 1. The van der Waals surface area contributed by atoms with E-state index in [1.165, 1.54) is 6.07 Å². The van der Waals surface area contributed by atoms with E-state index in [0.29, 0.717) is 29.5 Å². The summed E-state index contributed by atoms with van der Waals surface area (Å²) in [7, 11) is 0. The van der Waals surface area contributed by atoms with Gasteiger partial charge >= 0.3 is 0 Å². The average Bonchev–Trinajstić information content (AvgIpc) is 3.24. The topological polar surface area (TPSA) is 93.7 Å². The van der Waals surface area contributed by atoms with E-state index < -0.39 is 0 Å². The summed E-state index contributed by atoms with van der Waals surface area (Å²) in [5.41, 5.74) is 1.13. The first-order valence-corrected chi connectivity index (χ1v) is 8.06. The molecular formula is C17H16FN7O. The normalized spacial score (nSPS) is 11.2. The lowest BCUT2D eigenvalue weighted by Crippen LogP contribution is -2.06. The third-order valence-electron chi connectivity index (χ3n) is 3.86. The van der Waals surface area contributed by atoms with Crippen molar-refractivity contribution in [2.45, 2.75) is 13.1 Å². The molecule has 8 nitrogen and oxygen atoms in total. The predicted octanol–water partition coefficient (Wildman–Crippen LogP) is 1.95. The van der Waals surface area contributed by atoms with Crippen LogP contribution in [0.3, 0.4) is 0 Å². The summed E-state index contributed by atoms with van der Waals surface area (Å²) in [5, 5.41) is 21.3. The molecule has 0 saturated heterocycles. The van der Waals surface area contributed by atoms with Gasteiger partial charge in [0.25, 0.3) is 0 Å². The summed E-state index contributed by atoms with van der Waals surface area (Å²) in [6, 6.07) is 8.34. The molecule has 0 bridgehead atoms. The molecule has 3 heterocycles. The van der Waals surface area contributed by atoms with Crippen LogP contribution < -0.4 is 5.32 Å². The Bertz CT molecular complexity index is 1040. The molecule has 0 fully saturated rings. The van der Waals surface area contributed by atoms with Gasteiger partial charge in [0, 0.05) is 24.0 Å². The number of hydrogen-bond donors (Lipinski definition) is 2. The number of aliphatic hydroxyl groups is 1. The molecule has 9 heteroatoms. The van der Waals surface area contributed by atoms with Crippen molar-refractivity contribution < 1.29 is 9.50 Å². The Kier molecular flexibility index (Phi) is 4.28. The van der Waals surface area contributed by atoms with Crippen LogP contribution in [-0.4, -0.2) is 41.2 Å². The highest BCUT2D eigenvalue weighted by Crippen LogP contribution is 2.17. The molecule has 132 valence electrons. The quantitative estimate of drug-likeness (QED) is 0.550. The summed E-state index contributed by atoms with van der Waals surface area (Å²) in [6.07, 6.45) is 5.05. The van der Waals surface area contributed by atoms with Gasteiger partial charge in [-0.25, -0.2) is 14.1 Å². The first-order chi connectivity index (χ1) is 12.7. The first kappa shape index (κ1) is 16.2. The van der Waals surface area contributed by atoms with E-state index in [1.54, 1.807) is 52.2 Å². The van der Waals surface area contributed by atoms with Crippen LogP contribution in [0.25, 0.3) is 11.0 Å². The smallest absolute Gasteiger partial charge is 0.230 e. The maximum Gasteiger partial charge on any atom is 0.230 e. The maximum atomic E-state index is 13.9. The Hall–Kier alpha value is -3.33. The summed E-state index contributed by atoms with van der Waals surface area (Å²) in [5.74, 6) is 0.651. The van der Waals surface area contributed by atoms with E-state index in [4.69, 9.17) is 5.11 Å². The number of fused-ring (bicyclic) bond motifs is 1. The zero-order chi connectivity index (χ0) is 17.9. The van der Waals surface area contributed by atoms with Crippen molar-refractivity contribution in [1.29, 1.82) is 0 Å². The monoisotopic (exact) mass is 353 g/mol. The van der Waals surface area contributed by atoms with Crippen molar-refractivity contribution in [2.75, 3.05) is 11.9 Å². The van der Waals surface area contributed by atoms with Gasteiger partial charge in [-0.1, -0.05) is 18.2 Å². The second kappa shape index (κ2) is 6.89.